The van der Waals surface area contributed by atoms with Crippen molar-refractivity contribution >= 4 is 15.7 Å². The van der Waals surface area contributed by atoms with E-state index in [9.17, 15) is 13.2 Å². The van der Waals surface area contributed by atoms with E-state index in [1.54, 1.807) is 12.1 Å². The molecule has 1 aliphatic rings. The van der Waals surface area contributed by atoms with Gasteiger partial charge in [0.1, 0.15) is 6.07 Å². The van der Waals surface area contributed by atoms with Crippen LogP contribution in [0, 0.1) is 11.3 Å². The minimum absolute atomic E-state index is 0.0258. The van der Waals surface area contributed by atoms with E-state index in [1.807, 2.05) is 6.07 Å². The number of carbonyl (C=O) groups is 1. The predicted octanol–water partition coefficient (Wildman–Crippen LogP) is 1.37. The summed E-state index contributed by atoms with van der Waals surface area (Å²) in [5.41, 5.74) is 0.388. The van der Waals surface area contributed by atoms with Crippen LogP contribution >= 0.6 is 0 Å². The highest BCUT2D eigenvalue weighted by Crippen LogP contribution is 2.20. The van der Waals surface area contributed by atoms with Gasteiger partial charge in [0.05, 0.1) is 28.4 Å². The smallest absolute Gasteiger partial charge is 0.259 e. The van der Waals surface area contributed by atoms with Crippen molar-refractivity contribution in [1.29, 1.82) is 5.26 Å². The molecule has 21 heavy (non-hydrogen) atoms. The molecule has 0 aromatic heterocycles. The van der Waals surface area contributed by atoms with Crippen LogP contribution in [0.4, 0.5) is 0 Å². The van der Waals surface area contributed by atoms with E-state index < -0.39 is 15.7 Å². The zero-order valence-corrected chi connectivity index (χ0v) is 12.2. The molecule has 0 unspecified atom stereocenters. The Hall–Kier alpha value is -2.33. The summed E-state index contributed by atoms with van der Waals surface area (Å²) in [5, 5.41) is 11.4. The van der Waals surface area contributed by atoms with E-state index in [1.165, 1.54) is 19.1 Å². The molecule has 1 heterocycles. The van der Waals surface area contributed by atoms with Crippen LogP contribution in [0.3, 0.4) is 0 Å². The van der Waals surface area contributed by atoms with Gasteiger partial charge in [-0.05, 0) is 12.1 Å². The maximum absolute atomic E-state index is 12.2. The van der Waals surface area contributed by atoms with Gasteiger partial charge in [-0.2, -0.15) is 5.26 Å². The molecule has 6 nitrogen and oxygen atoms in total. The second kappa shape index (κ2) is 5.97. The number of nitriles is 1. The van der Waals surface area contributed by atoms with E-state index in [2.05, 4.69) is 5.32 Å². The van der Waals surface area contributed by atoms with E-state index in [0.717, 1.165) is 0 Å². The van der Waals surface area contributed by atoms with Crippen molar-refractivity contribution < 1.29 is 17.9 Å². The first-order valence-corrected chi connectivity index (χ1v) is 8.04. The van der Waals surface area contributed by atoms with Gasteiger partial charge in [0.2, 0.25) is 5.88 Å². The fraction of sp³-hybridized carbons (Fsp3) is 0.286. The van der Waals surface area contributed by atoms with Crippen molar-refractivity contribution in [3.05, 3.63) is 41.3 Å². The largest absolute Gasteiger partial charge is 0.478 e. The molecule has 0 spiro atoms. The van der Waals surface area contributed by atoms with Crippen molar-refractivity contribution in [2.75, 3.05) is 12.4 Å². The third kappa shape index (κ3) is 3.06. The highest BCUT2D eigenvalue weighted by atomic mass is 32.2. The quantitative estimate of drug-likeness (QED) is 0.906. The second-order valence-corrected chi connectivity index (χ2v) is 6.62. The summed E-state index contributed by atoms with van der Waals surface area (Å²) in [4.78, 5) is 12.2. The summed E-state index contributed by atoms with van der Waals surface area (Å²) >= 11 is 0. The van der Waals surface area contributed by atoms with Gasteiger partial charge in [-0.3, -0.25) is 10.1 Å². The van der Waals surface area contributed by atoms with Crippen LogP contribution in [0.1, 0.15) is 23.7 Å². The van der Waals surface area contributed by atoms with Gasteiger partial charge < -0.3 is 4.74 Å². The lowest BCUT2D eigenvalue weighted by Gasteiger charge is -2.10. The first-order chi connectivity index (χ1) is 9.99. The molecular weight excluding hydrogens is 292 g/mol. The molecule has 0 atom stereocenters. The van der Waals surface area contributed by atoms with Crippen molar-refractivity contribution in [3.8, 4) is 6.07 Å². The van der Waals surface area contributed by atoms with E-state index in [4.69, 9.17) is 10.00 Å². The molecule has 1 aromatic rings. The normalized spacial score (nSPS) is 14.5. The highest BCUT2D eigenvalue weighted by molar-refractivity contribution is 7.91. The monoisotopic (exact) mass is 306 g/mol. The van der Waals surface area contributed by atoms with E-state index in [0.29, 0.717) is 18.6 Å². The number of benzene rings is 1. The topological polar surface area (TPSA) is 96.3 Å². The third-order valence-electron chi connectivity index (χ3n) is 3.08. The highest BCUT2D eigenvalue weighted by Gasteiger charge is 2.23. The Morgan fingerprint density at radius 3 is 2.81 bits per heavy atom. The van der Waals surface area contributed by atoms with Crippen LogP contribution in [0.25, 0.3) is 0 Å². The summed E-state index contributed by atoms with van der Waals surface area (Å²) in [5.74, 6) is -0.599. The van der Waals surface area contributed by atoms with Gasteiger partial charge in [-0.1, -0.05) is 19.1 Å². The van der Waals surface area contributed by atoms with E-state index >= 15 is 0 Å². The number of hydrogen-bond donors (Lipinski definition) is 1. The lowest BCUT2D eigenvalue weighted by molar-refractivity contribution is 0.0927. The average Bonchev–Trinajstić information content (AvgIpc) is 2.94. The maximum atomic E-state index is 12.2. The first-order valence-electron chi connectivity index (χ1n) is 6.38. The minimum atomic E-state index is -3.51. The van der Waals surface area contributed by atoms with Gasteiger partial charge in [0, 0.05) is 6.42 Å². The molecule has 0 bridgehead atoms. The molecule has 2 rings (SSSR count). The lowest BCUT2D eigenvalue weighted by Crippen LogP contribution is -2.25. The van der Waals surface area contributed by atoms with Crippen LogP contribution in [-0.2, 0) is 14.6 Å². The van der Waals surface area contributed by atoms with Crippen LogP contribution in [-0.4, -0.2) is 26.7 Å². The molecule has 1 aromatic carbocycles. The molecule has 0 saturated carbocycles. The Kier molecular flexibility index (Phi) is 4.29. The fourth-order valence-corrected chi connectivity index (χ4v) is 3.02. The molecule has 1 aliphatic heterocycles. The number of rotatable bonds is 4. The van der Waals surface area contributed by atoms with Crippen LogP contribution in [0.5, 0.6) is 0 Å². The summed E-state index contributed by atoms with van der Waals surface area (Å²) in [6.07, 6.45) is 0.432. The molecule has 1 amide bonds. The zero-order chi connectivity index (χ0) is 15.5. The van der Waals surface area contributed by atoms with Crippen molar-refractivity contribution in [2.24, 2.45) is 0 Å². The molecule has 1 N–H and O–H groups in total. The van der Waals surface area contributed by atoms with Crippen molar-refractivity contribution in [1.82, 2.24) is 5.32 Å². The van der Waals surface area contributed by atoms with Crippen LogP contribution in [0.2, 0.25) is 0 Å². The van der Waals surface area contributed by atoms with Crippen LogP contribution in [0.15, 0.2) is 40.6 Å². The Bertz CT molecular complexity index is 744. The third-order valence-corrected chi connectivity index (χ3v) is 4.87. The standard InChI is InChI=1S/C14H14N2O4S/c1-2-21(18,19)12-6-4-3-5-11(12)13(17)16-14-10(9-15)7-8-20-14/h3-6H,2,7-8H2,1H3,(H,16,17). The number of carbonyl (C=O) groups excluding carboxylic acids is 1. The number of sulfone groups is 1. The molecular formula is C14H14N2O4S. The molecule has 0 radical (unpaired) electrons. The van der Waals surface area contributed by atoms with Gasteiger partial charge in [-0.15, -0.1) is 0 Å². The summed E-state index contributed by atoms with van der Waals surface area (Å²) < 4.78 is 29.2. The summed E-state index contributed by atoms with van der Waals surface area (Å²) in [7, 11) is -3.51. The van der Waals surface area contributed by atoms with Gasteiger partial charge in [-0.25, -0.2) is 8.42 Å². The van der Waals surface area contributed by atoms with Gasteiger partial charge in [0.15, 0.2) is 9.84 Å². The molecule has 7 heteroatoms. The van der Waals surface area contributed by atoms with Crippen LogP contribution < -0.4 is 5.32 Å². The average molecular weight is 306 g/mol. The molecule has 0 fully saturated rings. The van der Waals surface area contributed by atoms with Gasteiger partial charge in [0.25, 0.3) is 5.91 Å². The minimum Gasteiger partial charge on any atom is -0.478 e. The summed E-state index contributed by atoms with van der Waals surface area (Å²) in [6.45, 7) is 1.84. The number of nitrogens with one attached hydrogen (secondary N) is 1. The lowest BCUT2D eigenvalue weighted by atomic mass is 10.2. The van der Waals surface area contributed by atoms with Crippen molar-refractivity contribution in [2.45, 2.75) is 18.2 Å². The Morgan fingerprint density at radius 2 is 2.14 bits per heavy atom. The maximum Gasteiger partial charge on any atom is 0.259 e. The number of hydrogen-bond acceptors (Lipinski definition) is 5. The molecule has 110 valence electrons. The molecule has 0 aliphatic carbocycles. The number of nitrogens with zero attached hydrogens (tertiary/aromatic N) is 1. The van der Waals surface area contributed by atoms with Gasteiger partial charge >= 0.3 is 0 Å². The second-order valence-electron chi connectivity index (χ2n) is 4.37. The van der Waals surface area contributed by atoms with Crippen molar-refractivity contribution in [3.63, 3.8) is 0 Å². The Labute approximate surface area is 122 Å². The SMILES string of the molecule is CCS(=O)(=O)c1ccccc1C(=O)NC1=C(C#N)CCO1. The zero-order valence-electron chi connectivity index (χ0n) is 11.4. The number of ether oxygens (including phenoxy) is 1. The Morgan fingerprint density at radius 1 is 1.43 bits per heavy atom. The predicted molar refractivity (Wildman–Crippen MR) is 74.8 cm³/mol. The number of amides is 1. The first kappa shape index (κ1) is 15.1. The fourth-order valence-electron chi connectivity index (χ4n) is 1.93. The molecule has 0 saturated heterocycles. The summed E-state index contributed by atoms with van der Waals surface area (Å²) in [6, 6.07) is 7.91. The Balaban J connectivity index is 2.36. The van der Waals surface area contributed by atoms with E-state index in [-0.39, 0.29) is 22.1 Å².